The maximum atomic E-state index is 12.3. The molecule has 0 bridgehead atoms. The Bertz CT molecular complexity index is 1190. The van der Waals surface area contributed by atoms with Gasteiger partial charge in [0, 0.05) is 11.8 Å². The van der Waals surface area contributed by atoms with E-state index in [0.29, 0.717) is 17.9 Å². The number of nitrogens with zero attached hydrogens (tertiary/aromatic N) is 2. The van der Waals surface area contributed by atoms with Gasteiger partial charge in [0.2, 0.25) is 0 Å². The van der Waals surface area contributed by atoms with Crippen molar-refractivity contribution in [3.8, 4) is 5.75 Å². The number of carbonyl (C=O) groups is 1. The van der Waals surface area contributed by atoms with Gasteiger partial charge in [0.15, 0.2) is 0 Å². The lowest BCUT2D eigenvalue weighted by atomic mass is 10.1. The molecule has 5 nitrogen and oxygen atoms in total. The van der Waals surface area contributed by atoms with Crippen LogP contribution < -0.4 is 10.2 Å². The number of nitrogens with one attached hydrogen (secondary N) is 1. The normalized spacial score (nSPS) is 11.3. The van der Waals surface area contributed by atoms with E-state index in [2.05, 4.69) is 27.6 Å². The zero-order valence-corrected chi connectivity index (χ0v) is 16.6. The molecule has 4 rings (SSSR count). The second-order valence-corrected chi connectivity index (χ2v) is 6.85. The van der Waals surface area contributed by atoms with Gasteiger partial charge in [-0.15, -0.1) is 0 Å². The van der Waals surface area contributed by atoms with Crippen molar-refractivity contribution in [2.24, 2.45) is 5.10 Å². The Hall–Kier alpha value is -3.99. The minimum Gasteiger partial charge on any atom is -0.489 e. The van der Waals surface area contributed by atoms with E-state index in [1.807, 2.05) is 60.7 Å². The van der Waals surface area contributed by atoms with E-state index < -0.39 is 0 Å². The largest absolute Gasteiger partial charge is 0.489 e. The number of benzene rings is 3. The number of aromatic nitrogens is 1. The summed E-state index contributed by atoms with van der Waals surface area (Å²) in [5, 5.41) is 6.45. The molecular formula is C25H21N3O2. The third-order valence-electron chi connectivity index (χ3n) is 4.70. The van der Waals surface area contributed by atoms with Gasteiger partial charge < -0.3 is 4.74 Å². The zero-order chi connectivity index (χ0) is 20.8. The highest BCUT2D eigenvalue weighted by Crippen LogP contribution is 2.21. The van der Waals surface area contributed by atoms with Crippen molar-refractivity contribution in [1.82, 2.24) is 10.4 Å². The average molecular weight is 395 g/mol. The summed E-state index contributed by atoms with van der Waals surface area (Å²) in [6.45, 7) is 2.23. The van der Waals surface area contributed by atoms with E-state index in [0.717, 1.165) is 22.4 Å². The van der Waals surface area contributed by atoms with Crippen molar-refractivity contribution in [3.05, 3.63) is 108 Å². The van der Waals surface area contributed by atoms with Crippen LogP contribution in [0.15, 0.2) is 96.2 Å². The van der Waals surface area contributed by atoms with Gasteiger partial charge in [-0.1, -0.05) is 48.5 Å². The first-order valence-electron chi connectivity index (χ1n) is 9.65. The SMILES string of the molecule is C/C(=N/NC(=O)c1ccc(COc2ccc3ccccc3c2)cc1)c1ccccn1. The molecule has 0 saturated heterocycles. The maximum absolute atomic E-state index is 12.3. The van der Waals surface area contributed by atoms with E-state index in [-0.39, 0.29) is 5.91 Å². The Labute approximate surface area is 175 Å². The van der Waals surface area contributed by atoms with Gasteiger partial charge in [-0.3, -0.25) is 9.78 Å². The minimum absolute atomic E-state index is 0.271. The second-order valence-electron chi connectivity index (χ2n) is 6.85. The van der Waals surface area contributed by atoms with Gasteiger partial charge in [-0.2, -0.15) is 5.10 Å². The van der Waals surface area contributed by atoms with Crippen LogP contribution in [0.3, 0.4) is 0 Å². The van der Waals surface area contributed by atoms with Crippen LogP contribution in [0.5, 0.6) is 5.75 Å². The lowest BCUT2D eigenvalue weighted by Crippen LogP contribution is -2.19. The molecule has 0 unspecified atom stereocenters. The molecule has 0 spiro atoms. The number of amides is 1. The van der Waals surface area contributed by atoms with E-state index in [4.69, 9.17) is 4.74 Å². The van der Waals surface area contributed by atoms with Crippen LogP contribution in [-0.2, 0) is 6.61 Å². The van der Waals surface area contributed by atoms with Gasteiger partial charge in [-0.25, -0.2) is 5.43 Å². The molecule has 1 heterocycles. The third kappa shape index (κ3) is 4.70. The lowest BCUT2D eigenvalue weighted by molar-refractivity contribution is 0.0955. The number of hydrogen-bond donors (Lipinski definition) is 1. The van der Waals surface area contributed by atoms with Gasteiger partial charge >= 0.3 is 0 Å². The number of rotatable bonds is 6. The van der Waals surface area contributed by atoms with Gasteiger partial charge in [0.1, 0.15) is 12.4 Å². The van der Waals surface area contributed by atoms with Gasteiger partial charge in [0.05, 0.1) is 11.4 Å². The predicted molar refractivity (Wildman–Crippen MR) is 119 cm³/mol. The zero-order valence-electron chi connectivity index (χ0n) is 16.6. The Kier molecular flexibility index (Phi) is 5.80. The molecular weight excluding hydrogens is 374 g/mol. The fourth-order valence-electron chi connectivity index (χ4n) is 3.01. The summed E-state index contributed by atoms with van der Waals surface area (Å²) < 4.78 is 5.90. The fraction of sp³-hybridized carbons (Fsp3) is 0.0800. The number of fused-ring (bicyclic) bond motifs is 1. The van der Waals surface area contributed by atoms with Crippen LogP contribution in [0.4, 0.5) is 0 Å². The average Bonchev–Trinajstić information content (AvgIpc) is 2.81. The minimum atomic E-state index is -0.271. The smallest absolute Gasteiger partial charge is 0.271 e. The van der Waals surface area contributed by atoms with Crippen molar-refractivity contribution in [3.63, 3.8) is 0 Å². The number of ether oxygens (including phenoxy) is 1. The van der Waals surface area contributed by atoms with E-state index in [9.17, 15) is 4.79 Å². The number of carbonyl (C=O) groups excluding carboxylic acids is 1. The van der Waals surface area contributed by atoms with Crippen molar-refractivity contribution < 1.29 is 9.53 Å². The third-order valence-corrected chi connectivity index (χ3v) is 4.70. The standard InChI is InChI=1S/C25H21N3O2/c1-18(24-8-4-5-15-26-24)27-28-25(29)21-11-9-19(10-12-21)17-30-23-14-13-20-6-2-3-7-22(20)16-23/h2-16H,17H2,1H3,(H,28,29)/b27-18-. The lowest BCUT2D eigenvalue weighted by Gasteiger charge is -2.08. The summed E-state index contributed by atoms with van der Waals surface area (Å²) in [7, 11) is 0. The van der Waals surface area contributed by atoms with E-state index in [1.54, 1.807) is 25.3 Å². The molecule has 5 heteroatoms. The number of hydrazone groups is 1. The summed E-state index contributed by atoms with van der Waals surface area (Å²) in [6.07, 6.45) is 1.69. The second kappa shape index (κ2) is 9.01. The Balaban J connectivity index is 1.35. The van der Waals surface area contributed by atoms with Crippen LogP contribution in [0, 0.1) is 0 Å². The molecule has 1 amide bonds. The molecule has 30 heavy (non-hydrogen) atoms. The maximum Gasteiger partial charge on any atom is 0.271 e. The van der Waals surface area contributed by atoms with Crippen molar-refractivity contribution in [1.29, 1.82) is 0 Å². The summed E-state index contributed by atoms with van der Waals surface area (Å²) >= 11 is 0. The molecule has 0 atom stereocenters. The summed E-state index contributed by atoms with van der Waals surface area (Å²) in [5.74, 6) is 0.544. The summed E-state index contributed by atoms with van der Waals surface area (Å²) in [6, 6.07) is 27.0. The molecule has 3 aromatic carbocycles. The van der Waals surface area contributed by atoms with Crippen LogP contribution in [0.2, 0.25) is 0 Å². The van der Waals surface area contributed by atoms with E-state index >= 15 is 0 Å². The topological polar surface area (TPSA) is 63.6 Å². The molecule has 0 radical (unpaired) electrons. The molecule has 0 aliphatic heterocycles. The highest BCUT2D eigenvalue weighted by Gasteiger charge is 2.06. The first-order valence-corrected chi connectivity index (χ1v) is 9.65. The summed E-state index contributed by atoms with van der Waals surface area (Å²) in [5.41, 5.74) is 5.44. The monoisotopic (exact) mass is 395 g/mol. The molecule has 1 N–H and O–H groups in total. The molecule has 4 aromatic rings. The first kappa shape index (κ1) is 19.3. The van der Waals surface area contributed by atoms with Crippen LogP contribution in [-0.4, -0.2) is 16.6 Å². The van der Waals surface area contributed by atoms with Gasteiger partial charge in [0.25, 0.3) is 5.91 Å². The quantitative estimate of drug-likeness (QED) is 0.370. The Morgan fingerprint density at radius 2 is 1.70 bits per heavy atom. The van der Waals surface area contributed by atoms with Crippen molar-refractivity contribution in [2.45, 2.75) is 13.5 Å². The number of pyridine rings is 1. The van der Waals surface area contributed by atoms with E-state index in [1.165, 1.54) is 5.39 Å². The Morgan fingerprint density at radius 1 is 0.933 bits per heavy atom. The van der Waals surface area contributed by atoms with Gasteiger partial charge in [-0.05, 0) is 59.7 Å². The molecule has 0 fully saturated rings. The summed E-state index contributed by atoms with van der Waals surface area (Å²) in [4.78, 5) is 16.5. The van der Waals surface area contributed by atoms with Crippen molar-refractivity contribution >= 4 is 22.4 Å². The highest BCUT2D eigenvalue weighted by atomic mass is 16.5. The van der Waals surface area contributed by atoms with Crippen molar-refractivity contribution in [2.75, 3.05) is 0 Å². The predicted octanol–water partition coefficient (Wildman–Crippen LogP) is 4.97. The first-order chi connectivity index (χ1) is 14.7. The molecule has 148 valence electrons. The number of hydrogen-bond acceptors (Lipinski definition) is 4. The molecule has 0 aliphatic rings. The molecule has 0 saturated carbocycles. The highest BCUT2D eigenvalue weighted by molar-refractivity contribution is 5.99. The fourth-order valence-corrected chi connectivity index (χ4v) is 3.01. The van der Waals surface area contributed by atoms with Crippen LogP contribution >= 0.6 is 0 Å². The van der Waals surface area contributed by atoms with Crippen LogP contribution in [0.25, 0.3) is 10.8 Å². The molecule has 1 aromatic heterocycles. The molecule has 0 aliphatic carbocycles. The van der Waals surface area contributed by atoms with Crippen LogP contribution in [0.1, 0.15) is 28.5 Å². The Morgan fingerprint density at radius 3 is 2.47 bits per heavy atom.